The smallest absolute Gasteiger partial charge is 0.218 e. The van der Waals surface area contributed by atoms with Gasteiger partial charge in [-0.25, -0.2) is 4.39 Å². The molecule has 96 valence electrons. The van der Waals surface area contributed by atoms with Crippen LogP contribution in [0.4, 0.5) is 30.7 Å². The highest BCUT2D eigenvalue weighted by atomic mass is 79.9. The second kappa shape index (κ2) is 4.15. The molecular weight excluding hydrogens is 321 g/mol. The van der Waals surface area contributed by atoms with Crippen LogP contribution < -0.4 is 0 Å². The summed E-state index contributed by atoms with van der Waals surface area (Å²) in [6, 6.07) is 2.97. The van der Waals surface area contributed by atoms with Crippen LogP contribution in [0.3, 0.4) is 0 Å². The van der Waals surface area contributed by atoms with Crippen LogP contribution in [-0.4, -0.2) is 12.4 Å². The fraction of sp³-hybridized carbons (Fsp3) is 0.333. The van der Waals surface area contributed by atoms with Gasteiger partial charge in [0.15, 0.2) is 0 Å². The topological polar surface area (TPSA) is 0 Å². The summed E-state index contributed by atoms with van der Waals surface area (Å²) in [6.45, 7) is 0. The van der Waals surface area contributed by atoms with Gasteiger partial charge in [-0.05, 0) is 12.1 Å². The van der Waals surface area contributed by atoms with Crippen molar-refractivity contribution in [1.82, 2.24) is 0 Å². The Balaban J connectivity index is 3.46. The second-order valence-electron chi connectivity index (χ2n) is 3.16. The van der Waals surface area contributed by atoms with Crippen LogP contribution in [0.2, 0.25) is 0 Å². The number of rotatable bonds is 1. The average molecular weight is 325 g/mol. The van der Waals surface area contributed by atoms with Crippen molar-refractivity contribution < 1.29 is 30.7 Å². The van der Waals surface area contributed by atoms with Gasteiger partial charge in [-0.3, -0.25) is 0 Å². The average Bonchev–Trinajstić information content (AvgIpc) is 2.12. The molecule has 0 fully saturated rings. The molecule has 8 heteroatoms. The summed E-state index contributed by atoms with van der Waals surface area (Å²) in [4.78, 5) is 0. The van der Waals surface area contributed by atoms with E-state index in [-0.39, 0.29) is 4.47 Å². The van der Waals surface area contributed by atoms with Gasteiger partial charge < -0.3 is 0 Å². The van der Waals surface area contributed by atoms with Crippen molar-refractivity contribution in [3.63, 3.8) is 0 Å². The maximum atomic E-state index is 13.4. The monoisotopic (exact) mass is 324 g/mol. The largest absolute Gasteiger partial charge is 0.435 e. The van der Waals surface area contributed by atoms with Gasteiger partial charge in [0.25, 0.3) is 0 Å². The van der Waals surface area contributed by atoms with Crippen LogP contribution in [0.1, 0.15) is 5.56 Å². The molecule has 0 saturated carbocycles. The van der Waals surface area contributed by atoms with Crippen LogP contribution in [0.15, 0.2) is 28.7 Å². The van der Waals surface area contributed by atoms with E-state index in [4.69, 9.17) is 0 Å². The highest BCUT2D eigenvalue weighted by Crippen LogP contribution is 2.53. The van der Waals surface area contributed by atoms with Crippen LogP contribution in [-0.2, 0) is 5.67 Å². The Labute approximate surface area is 99.6 Å². The third-order valence-corrected chi connectivity index (χ3v) is 2.50. The lowest BCUT2D eigenvalue weighted by molar-refractivity contribution is -0.348. The first-order chi connectivity index (χ1) is 7.50. The normalized spacial score (nSPS) is 13.9. The van der Waals surface area contributed by atoms with Gasteiger partial charge in [-0.1, -0.05) is 28.1 Å². The van der Waals surface area contributed by atoms with Crippen molar-refractivity contribution in [2.75, 3.05) is 0 Å². The fourth-order valence-corrected chi connectivity index (χ4v) is 1.59. The first kappa shape index (κ1) is 14.3. The molecule has 1 aromatic carbocycles. The Morgan fingerprint density at radius 1 is 0.824 bits per heavy atom. The molecule has 0 aliphatic carbocycles. The van der Waals surface area contributed by atoms with Crippen LogP contribution in [0.25, 0.3) is 0 Å². The van der Waals surface area contributed by atoms with Crippen molar-refractivity contribution in [3.8, 4) is 0 Å². The lowest BCUT2D eigenvalue weighted by atomic mass is 9.94. The van der Waals surface area contributed by atoms with E-state index in [0.29, 0.717) is 12.1 Å². The molecule has 0 saturated heterocycles. The van der Waals surface area contributed by atoms with E-state index in [1.807, 2.05) is 0 Å². The molecule has 0 unspecified atom stereocenters. The summed E-state index contributed by atoms with van der Waals surface area (Å²) in [6.07, 6.45) is -12.2. The minimum Gasteiger partial charge on any atom is -0.218 e. The highest BCUT2D eigenvalue weighted by molar-refractivity contribution is 9.10. The Kier molecular flexibility index (Phi) is 3.48. The molecule has 1 aromatic rings. The SMILES string of the molecule is FC(F)(F)C(F)(c1cccc(Br)c1)C(F)(F)F. The van der Waals surface area contributed by atoms with Gasteiger partial charge in [-0.2, -0.15) is 26.3 Å². The third kappa shape index (κ3) is 2.41. The quantitative estimate of drug-likeness (QED) is 0.655. The number of alkyl halides is 7. The molecule has 1 rings (SSSR count). The molecule has 0 N–H and O–H groups in total. The number of halogens is 8. The Morgan fingerprint density at radius 3 is 1.65 bits per heavy atom. The predicted octanol–water partition coefficient (Wildman–Crippen LogP) is 4.74. The van der Waals surface area contributed by atoms with E-state index in [2.05, 4.69) is 15.9 Å². The van der Waals surface area contributed by atoms with Crippen molar-refractivity contribution >= 4 is 15.9 Å². The minimum atomic E-state index is -6.08. The minimum absolute atomic E-state index is 0.0782. The summed E-state index contributed by atoms with van der Waals surface area (Å²) in [5, 5.41) is 0. The highest BCUT2D eigenvalue weighted by Gasteiger charge is 2.73. The van der Waals surface area contributed by atoms with E-state index in [0.717, 1.165) is 6.07 Å². The number of benzene rings is 1. The summed E-state index contributed by atoms with van der Waals surface area (Å²) in [5.41, 5.74) is -6.88. The maximum absolute atomic E-state index is 13.4. The number of hydrogen-bond donors (Lipinski definition) is 0. The molecule has 0 heterocycles. The van der Waals surface area contributed by atoms with E-state index in [1.54, 1.807) is 0 Å². The second-order valence-corrected chi connectivity index (χ2v) is 4.08. The maximum Gasteiger partial charge on any atom is 0.435 e. The first-order valence-electron chi connectivity index (χ1n) is 4.08. The molecule has 0 bridgehead atoms. The molecule has 0 aliphatic heterocycles. The zero-order valence-corrected chi connectivity index (χ0v) is 9.42. The van der Waals surface area contributed by atoms with Crippen molar-refractivity contribution in [3.05, 3.63) is 34.3 Å². The van der Waals surface area contributed by atoms with Gasteiger partial charge in [0, 0.05) is 10.0 Å². The summed E-state index contributed by atoms with van der Waals surface area (Å²) in [5.74, 6) is 0. The molecular formula is C9H4BrF7. The predicted molar refractivity (Wildman–Crippen MR) is 49.0 cm³/mol. The fourth-order valence-electron chi connectivity index (χ4n) is 1.19. The van der Waals surface area contributed by atoms with Gasteiger partial charge in [0.1, 0.15) is 0 Å². The Bertz CT molecular complexity index is 393. The number of hydrogen-bond acceptors (Lipinski definition) is 0. The first-order valence-corrected chi connectivity index (χ1v) is 4.88. The molecule has 0 aromatic heterocycles. The van der Waals surface area contributed by atoms with Gasteiger partial charge in [0.05, 0.1) is 0 Å². The Morgan fingerprint density at radius 2 is 1.29 bits per heavy atom. The van der Waals surface area contributed by atoms with Crippen LogP contribution in [0, 0.1) is 0 Å². The summed E-state index contributed by atoms with van der Waals surface area (Å²) >= 11 is 2.69. The van der Waals surface area contributed by atoms with Crippen molar-refractivity contribution in [2.45, 2.75) is 18.0 Å². The molecule has 0 spiro atoms. The molecule has 17 heavy (non-hydrogen) atoms. The summed E-state index contributed by atoms with van der Waals surface area (Å²) < 4.78 is 87.2. The molecule has 0 aliphatic rings. The van der Waals surface area contributed by atoms with Gasteiger partial charge in [0.2, 0.25) is 0 Å². The van der Waals surface area contributed by atoms with E-state index < -0.39 is 23.6 Å². The van der Waals surface area contributed by atoms with Crippen LogP contribution in [0.5, 0.6) is 0 Å². The zero-order valence-electron chi connectivity index (χ0n) is 7.83. The van der Waals surface area contributed by atoms with E-state index >= 15 is 0 Å². The van der Waals surface area contributed by atoms with Crippen molar-refractivity contribution in [1.29, 1.82) is 0 Å². The molecule has 0 radical (unpaired) electrons. The lowest BCUT2D eigenvalue weighted by Gasteiger charge is -2.30. The standard InChI is InChI=1S/C9H4BrF7/c10-6-3-1-2-5(4-6)7(11,8(12,13)14)9(15,16)17/h1-4H. The Hall–Kier alpha value is -0.790. The zero-order chi connectivity index (χ0) is 13.5. The van der Waals surface area contributed by atoms with Gasteiger partial charge >= 0.3 is 18.0 Å². The summed E-state index contributed by atoms with van der Waals surface area (Å²) in [7, 11) is 0. The molecule has 0 amide bonds. The van der Waals surface area contributed by atoms with E-state index in [9.17, 15) is 30.7 Å². The molecule has 0 atom stereocenters. The lowest BCUT2D eigenvalue weighted by Crippen LogP contribution is -2.50. The van der Waals surface area contributed by atoms with Crippen molar-refractivity contribution in [2.24, 2.45) is 0 Å². The third-order valence-electron chi connectivity index (χ3n) is 2.00. The van der Waals surface area contributed by atoms with Crippen LogP contribution >= 0.6 is 15.9 Å². The molecule has 0 nitrogen and oxygen atoms in total. The van der Waals surface area contributed by atoms with E-state index in [1.165, 1.54) is 6.07 Å². The van der Waals surface area contributed by atoms with Gasteiger partial charge in [-0.15, -0.1) is 0 Å².